The summed E-state index contributed by atoms with van der Waals surface area (Å²) < 4.78 is 43.5. The van der Waals surface area contributed by atoms with E-state index in [0.717, 1.165) is 38.2 Å². The summed E-state index contributed by atoms with van der Waals surface area (Å²) in [5.74, 6) is -3.60. The lowest BCUT2D eigenvalue weighted by Gasteiger charge is -2.51. The Bertz CT molecular complexity index is 1040. The number of nitrogens with one attached hydrogen (secondary N) is 1. The van der Waals surface area contributed by atoms with Crippen LogP contribution >= 0.6 is 22.6 Å². The fourth-order valence-electron chi connectivity index (χ4n) is 4.52. The third-order valence-electron chi connectivity index (χ3n) is 6.66. The van der Waals surface area contributed by atoms with Gasteiger partial charge in [-0.15, -0.1) is 0 Å². The van der Waals surface area contributed by atoms with Crippen molar-refractivity contribution in [3.8, 4) is 0 Å². The number of likely N-dealkylation sites (tertiary alicyclic amines) is 1. The number of rotatable bonds is 8. The lowest BCUT2D eigenvalue weighted by molar-refractivity contribution is -0.133. The van der Waals surface area contributed by atoms with Gasteiger partial charge in [-0.05, 0) is 85.2 Å². The Morgan fingerprint density at radius 3 is 2.47 bits per heavy atom. The second-order valence-electron chi connectivity index (χ2n) is 8.75. The molecule has 0 atom stereocenters. The smallest absolute Gasteiger partial charge is 0.256 e. The SMILES string of the molecule is NCCCCC1(C2(O)CN(C(=O)c3ccc(F)c(F)c3Nc3ccc(I)cc3F)C2)CC1. The number of aliphatic hydroxyl groups is 1. The Morgan fingerprint density at radius 2 is 1.84 bits per heavy atom. The molecule has 2 aromatic rings. The van der Waals surface area contributed by atoms with Gasteiger partial charge < -0.3 is 21.1 Å². The monoisotopic (exact) mass is 559 g/mol. The number of hydrogen-bond donors (Lipinski definition) is 3. The molecule has 0 aromatic heterocycles. The van der Waals surface area contributed by atoms with Crippen LogP contribution in [0.25, 0.3) is 0 Å². The van der Waals surface area contributed by atoms with Crippen molar-refractivity contribution in [1.29, 1.82) is 0 Å². The summed E-state index contributed by atoms with van der Waals surface area (Å²) in [5.41, 5.74) is 3.79. The van der Waals surface area contributed by atoms with Crippen molar-refractivity contribution < 1.29 is 23.1 Å². The van der Waals surface area contributed by atoms with Crippen molar-refractivity contribution >= 4 is 39.9 Å². The van der Waals surface area contributed by atoms with Crippen LogP contribution in [0.1, 0.15) is 42.5 Å². The van der Waals surface area contributed by atoms with E-state index in [1.54, 1.807) is 6.07 Å². The van der Waals surface area contributed by atoms with E-state index in [0.29, 0.717) is 10.1 Å². The first-order valence-electron chi connectivity index (χ1n) is 10.6. The molecule has 1 aliphatic heterocycles. The fourth-order valence-corrected chi connectivity index (χ4v) is 4.97. The number of nitrogens with zero attached hydrogens (tertiary/aromatic N) is 1. The van der Waals surface area contributed by atoms with E-state index in [9.17, 15) is 23.1 Å². The van der Waals surface area contributed by atoms with Gasteiger partial charge in [0.15, 0.2) is 11.6 Å². The van der Waals surface area contributed by atoms with Crippen LogP contribution in [0.5, 0.6) is 0 Å². The maximum atomic E-state index is 14.6. The predicted octanol–water partition coefficient (Wildman–Crippen LogP) is 4.55. The average molecular weight is 559 g/mol. The van der Waals surface area contributed by atoms with E-state index in [4.69, 9.17) is 5.73 Å². The lowest BCUT2D eigenvalue weighted by atomic mass is 9.74. The second kappa shape index (κ2) is 8.83. The molecule has 0 radical (unpaired) electrons. The molecule has 1 saturated heterocycles. The summed E-state index contributed by atoms with van der Waals surface area (Å²) in [4.78, 5) is 14.5. The Labute approximate surface area is 198 Å². The third kappa shape index (κ3) is 4.22. The van der Waals surface area contributed by atoms with Gasteiger partial charge in [0.2, 0.25) is 0 Å². The van der Waals surface area contributed by atoms with Gasteiger partial charge in [0.05, 0.1) is 30.0 Å². The van der Waals surface area contributed by atoms with E-state index in [-0.39, 0.29) is 29.8 Å². The number of nitrogens with two attached hydrogens (primary N) is 1. The first-order chi connectivity index (χ1) is 15.2. The molecule has 5 nitrogen and oxygen atoms in total. The van der Waals surface area contributed by atoms with Gasteiger partial charge in [-0.3, -0.25) is 4.79 Å². The first-order valence-corrected chi connectivity index (χ1v) is 11.7. The molecule has 1 heterocycles. The van der Waals surface area contributed by atoms with Gasteiger partial charge in [0, 0.05) is 8.99 Å². The fraction of sp³-hybridized carbons (Fsp3) is 0.435. The standard InChI is InChI=1S/C23H25F3IN3O2/c24-16-5-4-15(20(19(16)26)29-18-6-3-14(27)11-17(18)25)21(31)30-12-23(32,13-30)22(8-9-22)7-1-2-10-28/h3-6,11,29,32H,1-2,7-10,12-13,28H2. The summed E-state index contributed by atoms with van der Waals surface area (Å²) >= 11 is 1.94. The number of amides is 1. The van der Waals surface area contributed by atoms with E-state index >= 15 is 0 Å². The molecule has 1 saturated carbocycles. The van der Waals surface area contributed by atoms with Gasteiger partial charge >= 0.3 is 0 Å². The highest BCUT2D eigenvalue weighted by Crippen LogP contribution is 2.60. The molecule has 1 amide bonds. The average Bonchev–Trinajstić information content (AvgIpc) is 3.52. The minimum Gasteiger partial charge on any atom is -0.386 e. The molecule has 2 aromatic carbocycles. The van der Waals surface area contributed by atoms with Gasteiger partial charge in [-0.1, -0.05) is 6.42 Å². The predicted molar refractivity (Wildman–Crippen MR) is 124 cm³/mol. The zero-order valence-electron chi connectivity index (χ0n) is 17.4. The molecule has 0 bridgehead atoms. The molecule has 2 fully saturated rings. The van der Waals surface area contributed by atoms with E-state index in [2.05, 4.69) is 5.32 Å². The Morgan fingerprint density at radius 1 is 1.12 bits per heavy atom. The second-order valence-corrected chi connectivity index (χ2v) is 10.00. The highest BCUT2D eigenvalue weighted by Gasteiger charge is 2.63. The highest BCUT2D eigenvalue weighted by atomic mass is 127. The summed E-state index contributed by atoms with van der Waals surface area (Å²) in [5, 5.41) is 13.6. The topological polar surface area (TPSA) is 78.6 Å². The first kappa shape index (κ1) is 23.3. The number of benzene rings is 2. The third-order valence-corrected chi connectivity index (χ3v) is 7.33. The van der Waals surface area contributed by atoms with Gasteiger partial charge in [-0.25, -0.2) is 13.2 Å². The molecule has 2 aliphatic rings. The number of hydrogen-bond acceptors (Lipinski definition) is 4. The summed E-state index contributed by atoms with van der Waals surface area (Å²) in [6, 6.07) is 6.31. The molecule has 9 heteroatoms. The molecular weight excluding hydrogens is 534 g/mol. The van der Waals surface area contributed by atoms with Crippen LogP contribution in [0.3, 0.4) is 0 Å². The summed E-state index contributed by atoms with van der Waals surface area (Å²) in [7, 11) is 0. The van der Waals surface area contributed by atoms with E-state index in [1.165, 1.54) is 23.1 Å². The van der Waals surface area contributed by atoms with Gasteiger partial charge in [0.1, 0.15) is 11.4 Å². The summed E-state index contributed by atoms with van der Waals surface area (Å²) in [6.07, 6.45) is 4.47. The quantitative estimate of drug-likeness (QED) is 0.328. The van der Waals surface area contributed by atoms with Crippen LogP contribution < -0.4 is 11.1 Å². The van der Waals surface area contributed by atoms with Crippen LogP contribution in [0.2, 0.25) is 0 Å². The molecule has 1 aliphatic carbocycles. The largest absolute Gasteiger partial charge is 0.386 e. The summed E-state index contributed by atoms with van der Waals surface area (Å²) in [6.45, 7) is 0.863. The van der Waals surface area contributed by atoms with Gasteiger partial charge in [0.25, 0.3) is 5.91 Å². The number of anilines is 2. The number of carbonyl (C=O) groups is 1. The molecule has 32 heavy (non-hydrogen) atoms. The Hall–Kier alpha value is -1.85. The van der Waals surface area contributed by atoms with Crippen molar-refractivity contribution in [1.82, 2.24) is 4.90 Å². The molecule has 0 spiro atoms. The molecule has 172 valence electrons. The minimum atomic E-state index is -1.26. The molecule has 4 rings (SSSR count). The minimum absolute atomic E-state index is 0.0686. The molecule has 4 N–H and O–H groups in total. The normalized spacial score (nSPS) is 18.2. The van der Waals surface area contributed by atoms with Crippen LogP contribution in [-0.2, 0) is 0 Å². The number of halogens is 4. The van der Waals surface area contributed by atoms with Crippen molar-refractivity contribution in [2.75, 3.05) is 25.0 Å². The number of carbonyl (C=O) groups excluding carboxylic acids is 1. The number of unbranched alkanes of at least 4 members (excludes halogenated alkanes) is 1. The zero-order chi connectivity index (χ0) is 23.1. The number of β-amino-alcohol motifs (C(OH)–C–C–N with tert-alkyl or cyclic N) is 1. The van der Waals surface area contributed by atoms with Crippen molar-refractivity contribution in [2.45, 2.75) is 37.7 Å². The van der Waals surface area contributed by atoms with E-state index < -0.39 is 34.6 Å². The lowest BCUT2D eigenvalue weighted by Crippen LogP contribution is -2.67. The van der Waals surface area contributed by atoms with Crippen LogP contribution in [-0.4, -0.2) is 41.1 Å². The Kier molecular flexibility index (Phi) is 6.43. The van der Waals surface area contributed by atoms with Crippen LogP contribution in [0.15, 0.2) is 30.3 Å². The maximum absolute atomic E-state index is 14.6. The van der Waals surface area contributed by atoms with Crippen LogP contribution in [0.4, 0.5) is 24.5 Å². The maximum Gasteiger partial charge on any atom is 0.256 e. The molecule has 0 unspecified atom stereocenters. The zero-order valence-corrected chi connectivity index (χ0v) is 19.6. The van der Waals surface area contributed by atoms with E-state index in [1.807, 2.05) is 22.6 Å². The Balaban J connectivity index is 1.53. The van der Waals surface area contributed by atoms with Crippen molar-refractivity contribution in [3.05, 3.63) is 56.9 Å². The molecular formula is C23H25F3IN3O2. The van der Waals surface area contributed by atoms with Crippen molar-refractivity contribution in [2.24, 2.45) is 11.1 Å². The van der Waals surface area contributed by atoms with Gasteiger partial charge in [-0.2, -0.15) is 0 Å². The highest BCUT2D eigenvalue weighted by molar-refractivity contribution is 14.1. The van der Waals surface area contributed by atoms with Crippen molar-refractivity contribution in [3.63, 3.8) is 0 Å². The van der Waals surface area contributed by atoms with Crippen LogP contribution in [0, 0.1) is 26.4 Å².